The maximum absolute atomic E-state index is 12.2. The first-order chi connectivity index (χ1) is 7.72. The second-order valence-corrected chi connectivity index (χ2v) is 6.84. The van der Waals surface area contributed by atoms with Gasteiger partial charge in [0.2, 0.25) is 0 Å². The van der Waals surface area contributed by atoms with E-state index in [-0.39, 0.29) is 0 Å². The fourth-order valence-corrected chi connectivity index (χ4v) is 4.71. The molecule has 0 aliphatic heterocycles. The normalized spacial score (nSPS) is 32.6. The second-order valence-electron chi connectivity index (χ2n) is 5.06. The van der Waals surface area contributed by atoms with Crippen molar-refractivity contribution in [2.24, 2.45) is 17.6 Å². The van der Waals surface area contributed by atoms with E-state index in [1.165, 1.54) is 19.3 Å². The molecule has 1 fully saturated rings. The van der Waals surface area contributed by atoms with Crippen molar-refractivity contribution in [3.63, 3.8) is 0 Å². The lowest BCUT2D eigenvalue weighted by atomic mass is 9.80. The lowest BCUT2D eigenvalue weighted by molar-refractivity contribution is 0.280. The van der Waals surface area contributed by atoms with Crippen molar-refractivity contribution in [2.75, 3.05) is 12.3 Å². The molecule has 0 aromatic carbocycles. The third-order valence-corrected chi connectivity index (χ3v) is 5.90. The van der Waals surface area contributed by atoms with E-state index in [4.69, 9.17) is 5.73 Å². The molecule has 1 aliphatic rings. The van der Waals surface area contributed by atoms with E-state index in [0.29, 0.717) is 11.2 Å². The fraction of sp³-hybridized carbons (Fsp3) is 1.00. The summed E-state index contributed by atoms with van der Waals surface area (Å²) < 4.78 is 12.2. The quantitative estimate of drug-likeness (QED) is 0.782. The molecule has 2 N–H and O–H groups in total. The van der Waals surface area contributed by atoms with Crippen LogP contribution >= 0.6 is 0 Å². The predicted molar refractivity (Wildman–Crippen MR) is 71.9 cm³/mol. The summed E-state index contributed by atoms with van der Waals surface area (Å²) in [6.07, 6.45) is 7.10. The van der Waals surface area contributed by atoms with Crippen LogP contribution in [0.15, 0.2) is 0 Å². The molecule has 1 aliphatic carbocycles. The Balaban J connectivity index is 2.53. The summed E-state index contributed by atoms with van der Waals surface area (Å²) in [5, 5.41) is 0.384. The maximum atomic E-state index is 12.2. The van der Waals surface area contributed by atoms with Crippen molar-refractivity contribution in [2.45, 2.75) is 57.6 Å². The van der Waals surface area contributed by atoms with Crippen molar-refractivity contribution in [1.29, 1.82) is 0 Å². The van der Waals surface area contributed by atoms with E-state index >= 15 is 0 Å². The Hall–Kier alpha value is 0.110. The molecule has 0 saturated heterocycles. The van der Waals surface area contributed by atoms with Gasteiger partial charge in [0.25, 0.3) is 0 Å². The second kappa shape index (κ2) is 7.44. The standard InChI is InChI=1S/C13H27NOS/c1-3-5-8-16(15)13-9-11(4-2)6-7-12(13)10-14/h11-13H,3-10,14H2,1-2H3. The lowest BCUT2D eigenvalue weighted by Gasteiger charge is -2.34. The highest BCUT2D eigenvalue weighted by molar-refractivity contribution is 7.85. The molecular weight excluding hydrogens is 218 g/mol. The van der Waals surface area contributed by atoms with Crippen LogP contribution in [-0.2, 0) is 10.8 Å². The average Bonchev–Trinajstić information content (AvgIpc) is 2.35. The fourth-order valence-electron chi connectivity index (χ4n) is 2.67. The Kier molecular flexibility index (Phi) is 6.59. The minimum atomic E-state index is -0.639. The van der Waals surface area contributed by atoms with Gasteiger partial charge in [0.05, 0.1) is 0 Å². The monoisotopic (exact) mass is 245 g/mol. The molecule has 16 heavy (non-hydrogen) atoms. The predicted octanol–water partition coefficient (Wildman–Crippen LogP) is 2.69. The van der Waals surface area contributed by atoms with Crippen LogP contribution in [0.4, 0.5) is 0 Å². The van der Waals surface area contributed by atoms with E-state index < -0.39 is 10.8 Å². The maximum Gasteiger partial charge on any atom is 0.0390 e. The van der Waals surface area contributed by atoms with Gasteiger partial charge in [-0.2, -0.15) is 0 Å². The van der Waals surface area contributed by atoms with E-state index in [2.05, 4.69) is 13.8 Å². The van der Waals surface area contributed by atoms with Crippen molar-refractivity contribution in [1.82, 2.24) is 0 Å². The Labute approximate surface area is 103 Å². The molecule has 96 valence electrons. The summed E-state index contributed by atoms with van der Waals surface area (Å²) in [5.41, 5.74) is 5.81. The molecule has 0 radical (unpaired) electrons. The largest absolute Gasteiger partial charge is 0.330 e. The van der Waals surface area contributed by atoms with Crippen LogP contribution < -0.4 is 5.73 Å². The minimum Gasteiger partial charge on any atom is -0.330 e. The van der Waals surface area contributed by atoms with E-state index in [1.807, 2.05) is 0 Å². The molecule has 3 heteroatoms. The van der Waals surface area contributed by atoms with Crippen LogP contribution in [-0.4, -0.2) is 21.8 Å². The Morgan fingerprint density at radius 3 is 2.62 bits per heavy atom. The molecule has 0 aromatic rings. The molecule has 1 saturated carbocycles. The number of rotatable bonds is 6. The van der Waals surface area contributed by atoms with Gasteiger partial charge < -0.3 is 5.73 Å². The van der Waals surface area contributed by atoms with Gasteiger partial charge in [0.15, 0.2) is 0 Å². The van der Waals surface area contributed by atoms with Gasteiger partial charge in [-0.15, -0.1) is 0 Å². The molecule has 0 heterocycles. The summed E-state index contributed by atoms with van der Waals surface area (Å²) in [5.74, 6) is 2.19. The summed E-state index contributed by atoms with van der Waals surface area (Å²) >= 11 is 0. The van der Waals surface area contributed by atoms with Gasteiger partial charge in [-0.1, -0.05) is 33.1 Å². The first-order valence-electron chi connectivity index (χ1n) is 6.80. The van der Waals surface area contributed by atoms with E-state index in [9.17, 15) is 4.21 Å². The zero-order valence-corrected chi connectivity index (χ0v) is 11.6. The van der Waals surface area contributed by atoms with Crippen molar-refractivity contribution >= 4 is 10.8 Å². The Bertz CT molecular complexity index is 220. The van der Waals surface area contributed by atoms with Gasteiger partial charge in [-0.25, -0.2) is 0 Å². The van der Waals surface area contributed by atoms with Crippen LogP contribution in [0.1, 0.15) is 52.4 Å². The Morgan fingerprint density at radius 2 is 2.06 bits per heavy atom. The molecule has 2 nitrogen and oxygen atoms in total. The van der Waals surface area contributed by atoms with Crippen LogP contribution in [0.25, 0.3) is 0 Å². The minimum absolute atomic E-state index is 0.384. The zero-order chi connectivity index (χ0) is 12.0. The Morgan fingerprint density at radius 1 is 1.31 bits per heavy atom. The summed E-state index contributed by atoms with van der Waals surface area (Å²) in [7, 11) is -0.639. The van der Waals surface area contributed by atoms with Gasteiger partial charge in [0.1, 0.15) is 0 Å². The highest BCUT2D eigenvalue weighted by Gasteiger charge is 2.32. The number of nitrogens with two attached hydrogens (primary N) is 1. The number of hydrogen-bond donors (Lipinski definition) is 1. The van der Waals surface area contributed by atoms with Crippen LogP contribution in [0.5, 0.6) is 0 Å². The third kappa shape index (κ3) is 3.85. The van der Waals surface area contributed by atoms with Gasteiger partial charge in [0, 0.05) is 21.8 Å². The first kappa shape index (κ1) is 14.2. The van der Waals surface area contributed by atoms with Crippen molar-refractivity contribution < 1.29 is 4.21 Å². The van der Waals surface area contributed by atoms with Gasteiger partial charge >= 0.3 is 0 Å². The van der Waals surface area contributed by atoms with Crippen LogP contribution in [0.3, 0.4) is 0 Å². The van der Waals surface area contributed by atoms with Crippen molar-refractivity contribution in [3.8, 4) is 0 Å². The SMILES string of the molecule is CCCCS(=O)C1CC(CC)CCC1CN. The summed E-state index contributed by atoms with van der Waals surface area (Å²) in [6, 6.07) is 0. The molecule has 4 atom stereocenters. The first-order valence-corrected chi connectivity index (χ1v) is 8.18. The molecule has 0 bridgehead atoms. The third-order valence-electron chi connectivity index (χ3n) is 3.95. The topological polar surface area (TPSA) is 43.1 Å². The van der Waals surface area contributed by atoms with Gasteiger partial charge in [-0.05, 0) is 37.6 Å². The molecule has 0 aromatic heterocycles. The van der Waals surface area contributed by atoms with E-state index in [0.717, 1.165) is 37.5 Å². The molecule has 4 unspecified atom stereocenters. The zero-order valence-electron chi connectivity index (χ0n) is 10.8. The van der Waals surface area contributed by atoms with Gasteiger partial charge in [-0.3, -0.25) is 4.21 Å². The van der Waals surface area contributed by atoms with Crippen molar-refractivity contribution in [3.05, 3.63) is 0 Å². The highest BCUT2D eigenvalue weighted by atomic mass is 32.2. The van der Waals surface area contributed by atoms with Crippen LogP contribution in [0, 0.1) is 11.8 Å². The smallest absolute Gasteiger partial charge is 0.0390 e. The molecule has 0 amide bonds. The molecule has 1 rings (SSSR count). The van der Waals surface area contributed by atoms with Crippen LogP contribution in [0.2, 0.25) is 0 Å². The molecule has 0 spiro atoms. The number of unbranched alkanes of at least 4 members (excludes halogenated alkanes) is 1. The molecular formula is C13H27NOS. The van der Waals surface area contributed by atoms with E-state index in [1.54, 1.807) is 0 Å². The average molecular weight is 245 g/mol. The lowest BCUT2D eigenvalue weighted by Crippen LogP contribution is -2.38. The highest BCUT2D eigenvalue weighted by Crippen LogP contribution is 2.33. The summed E-state index contributed by atoms with van der Waals surface area (Å²) in [4.78, 5) is 0. The number of hydrogen-bond acceptors (Lipinski definition) is 2. The summed E-state index contributed by atoms with van der Waals surface area (Å²) in [6.45, 7) is 5.13.